The molecule has 0 saturated carbocycles. The van der Waals surface area contributed by atoms with Gasteiger partial charge in [0.05, 0.1) is 18.2 Å². The summed E-state index contributed by atoms with van der Waals surface area (Å²) in [6.45, 7) is 5.62. The maximum absolute atomic E-state index is 13.6. The Labute approximate surface area is 250 Å². The van der Waals surface area contributed by atoms with E-state index < -0.39 is 6.09 Å². The lowest BCUT2D eigenvalue weighted by atomic mass is 9.89. The maximum Gasteiger partial charge on any atom is 0.406 e. The summed E-state index contributed by atoms with van der Waals surface area (Å²) in [4.78, 5) is 29.5. The number of carbonyl (C=O) groups excluding carboxylic acids is 2. The predicted octanol–water partition coefficient (Wildman–Crippen LogP) is 6.23. The van der Waals surface area contributed by atoms with Gasteiger partial charge in [0.25, 0.3) is 5.91 Å². The zero-order valence-corrected chi connectivity index (χ0v) is 24.9. The number of ether oxygens (including phenoxy) is 1. The van der Waals surface area contributed by atoms with Gasteiger partial charge in [0.2, 0.25) is 0 Å². The summed E-state index contributed by atoms with van der Waals surface area (Å²) >= 11 is 1.71. The highest BCUT2D eigenvalue weighted by atomic mass is 32.1. The second-order valence-electron chi connectivity index (χ2n) is 11.0. The molecule has 222 valence electrons. The second-order valence-corrected chi connectivity index (χ2v) is 11.8. The topological polar surface area (TPSA) is 66.8 Å². The SMILES string of the molecule is COC(=O)NCCn1ccc2cccc(C(=O)N3CC[C@H](CN4CCC(c5ccc(F)cc5)CC4)C3)c21.c1ccsc1. The van der Waals surface area contributed by atoms with Crippen molar-refractivity contribution in [2.24, 2.45) is 5.92 Å². The van der Waals surface area contributed by atoms with E-state index >= 15 is 0 Å². The lowest BCUT2D eigenvalue weighted by Crippen LogP contribution is -2.38. The van der Waals surface area contributed by atoms with E-state index in [1.165, 1.54) is 12.7 Å². The van der Waals surface area contributed by atoms with Gasteiger partial charge in [0.1, 0.15) is 5.82 Å². The molecule has 42 heavy (non-hydrogen) atoms. The molecule has 1 atom stereocenters. The minimum Gasteiger partial charge on any atom is -0.453 e. The van der Waals surface area contributed by atoms with Gasteiger partial charge in [-0.25, -0.2) is 9.18 Å². The number of piperidine rings is 1. The zero-order chi connectivity index (χ0) is 29.3. The number of amides is 2. The Balaban J connectivity index is 0.000000639. The number of aromatic nitrogens is 1. The average molecular weight is 591 g/mol. The number of fused-ring (bicyclic) bond motifs is 1. The molecular weight excluding hydrogens is 551 g/mol. The molecule has 0 unspecified atom stereocenters. The summed E-state index contributed by atoms with van der Waals surface area (Å²) in [6, 6.07) is 18.9. The third-order valence-corrected chi connectivity index (χ3v) is 8.90. The quantitative estimate of drug-likeness (QED) is 0.277. The number of rotatable bonds is 7. The standard InChI is InChI=1S/C29H35FN4O3.C4H4S/c1-37-29(36)31-13-18-33-17-12-24-3-2-4-26(27(24)33)28(35)34-16-9-21(20-34)19-32-14-10-23(11-15-32)22-5-7-25(30)8-6-22;1-2-4-5-3-1/h2-8,12,17,21,23H,9-11,13-16,18-20H2,1H3,(H,31,36);1-4H/t21-;/m1./s1. The van der Waals surface area contributed by atoms with Crippen molar-refractivity contribution in [2.75, 3.05) is 46.4 Å². The number of hydrogen-bond acceptors (Lipinski definition) is 5. The molecule has 2 aliphatic rings. The van der Waals surface area contributed by atoms with Gasteiger partial charge in [0.15, 0.2) is 0 Å². The Morgan fingerprint density at radius 1 is 0.976 bits per heavy atom. The fraction of sp³-hybridized carbons (Fsp3) is 0.394. The van der Waals surface area contributed by atoms with E-state index in [2.05, 4.69) is 15.0 Å². The molecular formula is C33H39FN4O3S. The Kier molecular flexibility index (Phi) is 10.3. The van der Waals surface area contributed by atoms with Crippen LogP contribution >= 0.6 is 11.3 Å². The smallest absolute Gasteiger partial charge is 0.406 e. The van der Waals surface area contributed by atoms with Crippen molar-refractivity contribution in [1.29, 1.82) is 0 Å². The lowest BCUT2D eigenvalue weighted by Gasteiger charge is -2.33. The molecule has 0 spiro atoms. The molecule has 2 amide bonds. The molecule has 0 aliphatic carbocycles. The van der Waals surface area contributed by atoms with Crippen LogP contribution in [0, 0.1) is 11.7 Å². The summed E-state index contributed by atoms with van der Waals surface area (Å²) in [5, 5.41) is 7.80. The summed E-state index contributed by atoms with van der Waals surface area (Å²) in [5.41, 5.74) is 2.85. The lowest BCUT2D eigenvalue weighted by molar-refractivity contribution is 0.0783. The molecule has 0 radical (unpaired) electrons. The van der Waals surface area contributed by atoms with Gasteiger partial charge in [-0.2, -0.15) is 11.3 Å². The van der Waals surface area contributed by atoms with Crippen molar-refractivity contribution in [3.05, 3.63) is 94.6 Å². The normalized spacial score (nSPS) is 17.6. The summed E-state index contributed by atoms with van der Waals surface area (Å²) in [5.74, 6) is 0.866. The molecule has 2 aromatic carbocycles. The number of para-hydroxylation sites is 1. The molecule has 2 aromatic heterocycles. The fourth-order valence-corrected chi connectivity index (χ4v) is 6.54. The summed E-state index contributed by atoms with van der Waals surface area (Å²) < 4.78 is 19.9. The molecule has 0 bridgehead atoms. The van der Waals surface area contributed by atoms with Crippen molar-refractivity contribution < 1.29 is 18.7 Å². The highest BCUT2D eigenvalue weighted by molar-refractivity contribution is 7.07. The number of carbonyl (C=O) groups is 2. The van der Waals surface area contributed by atoms with Crippen LogP contribution in [0.3, 0.4) is 0 Å². The largest absolute Gasteiger partial charge is 0.453 e. The Bertz CT molecular complexity index is 1410. The number of hydrogen-bond donors (Lipinski definition) is 1. The first-order chi connectivity index (χ1) is 20.5. The van der Waals surface area contributed by atoms with Crippen LogP contribution in [0.4, 0.5) is 9.18 Å². The van der Waals surface area contributed by atoms with Crippen LogP contribution in [-0.4, -0.2) is 72.7 Å². The van der Waals surface area contributed by atoms with Gasteiger partial charge in [-0.1, -0.05) is 36.4 Å². The number of thiophene rings is 1. The third kappa shape index (κ3) is 7.57. The highest BCUT2D eigenvalue weighted by Gasteiger charge is 2.31. The molecule has 1 N–H and O–H groups in total. The van der Waals surface area contributed by atoms with Crippen LogP contribution in [0.1, 0.15) is 41.1 Å². The summed E-state index contributed by atoms with van der Waals surface area (Å²) in [7, 11) is 1.34. The van der Waals surface area contributed by atoms with Crippen LogP contribution in [0.25, 0.3) is 10.9 Å². The number of methoxy groups -OCH3 is 1. The van der Waals surface area contributed by atoms with Gasteiger partial charge in [-0.05, 0) is 84.8 Å². The second kappa shape index (κ2) is 14.5. The van der Waals surface area contributed by atoms with E-state index in [1.807, 2.05) is 75.0 Å². The number of nitrogens with zero attached hydrogens (tertiary/aromatic N) is 3. The molecule has 4 aromatic rings. The molecule has 7 nitrogen and oxygen atoms in total. The number of likely N-dealkylation sites (tertiary alicyclic amines) is 2. The van der Waals surface area contributed by atoms with Crippen molar-refractivity contribution in [3.8, 4) is 0 Å². The van der Waals surface area contributed by atoms with Gasteiger partial charge in [-0.3, -0.25) is 4.79 Å². The maximum atomic E-state index is 13.6. The Morgan fingerprint density at radius 3 is 2.43 bits per heavy atom. The first kappa shape index (κ1) is 29.8. The molecule has 2 saturated heterocycles. The van der Waals surface area contributed by atoms with E-state index in [4.69, 9.17) is 0 Å². The first-order valence-corrected chi connectivity index (χ1v) is 15.6. The van der Waals surface area contributed by atoms with Crippen molar-refractivity contribution >= 4 is 34.2 Å². The number of alkyl carbamates (subject to hydrolysis) is 1. The zero-order valence-electron chi connectivity index (χ0n) is 24.1. The van der Waals surface area contributed by atoms with E-state index in [9.17, 15) is 14.0 Å². The predicted molar refractivity (Wildman–Crippen MR) is 165 cm³/mol. The fourth-order valence-electron chi connectivity index (χ4n) is 6.08. The molecule has 2 aliphatic heterocycles. The number of halogens is 1. The molecule has 4 heterocycles. The van der Waals surface area contributed by atoms with Gasteiger partial charge in [-0.15, -0.1) is 0 Å². The monoisotopic (exact) mass is 590 g/mol. The molecule has 2 fully saturated rings. The third-order valence-electron chi connectivity index (χ3n) is 8.27. The van der Waals surface area contributed by atoms with Crippen LogP contribution < -0.4 is 5.32 Å². The van der Waals surface area contributed by atoms with E-state index in [0.717, 1.165) is 62.9 Å². The minimum atomic E-state index is -0.462. The van der Waals surface area contributed by atoms with Crippen molar-refractivity contribution in [1.82, 2.24) is 19.7 Å². The van der Waals surface area contributed by atoms with Crippen LogP contribution in [-0.2, 0) is 11.3 Å². The van der Waals surface area contributed by atoms with E-state index in [1.54, 1.807) is 23.5 Å². The highest BCUT2D eigenvalue weighted by Crippen LogP contribution is 2.30. The van der Waals surface area contributed by atoms with Crippen LogP contribution in [0.15, 0.2) is 77.6 Å². The average Bonchev–Trinajstić information content (AvgIpc) is 3.81. The van der Waals surface area contributed by atoms with E-state index in [0.29, 0.717) is 30.5 Å². The Hall–Kier alpha value is -3.69. The van der Waals surface area contributed by atoms with E-state index in [-0.39, 0.29) is 11.7 Å². The van der Waals surface area contributed by atoms with Gasteiger partial charge >= 0.3 is 6.09 Å². The first-order valence-electron chi connectivity index (χ1n) is 14.7. The van der Waals surface area contributed by atoms with Gasteiger partial charge in [0, 0.05) is 44.3 Å². The molecule has 9 heteroatoms. The number of nitrogens with one attached hydrogen (secondary N) is 1. The van der Waals surface area contributed by atoms with Gasteiger partial charge < -0.3 is 24.4 Å². The van der Waals surface area contributed by atoms with Crippen molar-refractivity contribution in [2.45, 2.75) is 31.7 Å². The van der Waals surface area contributed by atoms with Crippen molar-refractivity contribution in [3.63, 3.8) is 0 Å². The van der Waals surface area contributed by atoms with Crippen LogP contribution in [0.2, 0.25) is 0 Å². The molecule has 6 rings (SSSR count). The summed E-state index contributed by atoms with van der Waals surface area (Å²) in [6.07, 6.45) is 4.69. The Morgan fingerprint density at radius 2 is 1.74 bits per heavy atom. The number of benzene rings is 2. The minimum absolute atomic E-state index is 0.0731. The van der Waals surface area contributed by atoms with Crippen LogP contribution in [0.5, 0.6) is 0 Å².